The average molecular weight is 330 g/mol. The van der Waals surface area contributed by atoms with Gasteiger partial charge < -0.3 is 14.8 Å². The number of esters is 1. The summed E-state index contributed by atoms with van der Waals surface area (Å²) < 4.78 is 11.4. The molecule has 0 aliphatic carbocycles. The highest BCUT2D eigenvalue weighted by atomic mass is 79.9. The summed E-state index contributed by atoms with van der Waals surface area (Å²) in [5, 5.41) is 3.20. The summed E-state index contributed by atoms with van der Waals surface area (Å²) >= 11 is 3.40. The van der Waals surface area contributed by atoms with Crippen LogP contribution >= 0.6 is 15.9 Å². The van der Waals surface area contributed by atoms with Crippen molar-refractivity contribution in [1.29, 1.82) is 0 Å². The number of nitrogens with one attached hydrogen (secondary N) is 1. The van der Waals surface area contributed by atoms with E-state index in [4.69, 9.17) is 9.47 Å². The van der Waals surface area contributed by atoms with Crippen LogP contribution in [0.15, 0.2) is 28.7 Å². The van der Waals surface area contributed by atoms with Crippen molar-refractivity contribution in [3.8, 4) is 0 Å². The molecule has 0 fully saturated rings. The van der Waals surface area contributed by atoms with Gasteiger partial charge in [0, 0.05) is 17.3 Å². The minimum Gasteiger partial charge on any atom is -0.464 e. The largest absolute Gasteiger partial charge is 0.464 e. The number of rotatable bonds is 6. The van der Waals surface area contributed by atoms with Gasteiger partial charge in [0.1, 0.15) is 0 Å². The van der Waals surface area contributed by atoms with Crippen LogP contribution in [-0.4, -0.2) is 31.3 Å². The van der Waals surface area contributed by atoms with E-state index in [9.17, 15) is 4.79 Å². The molecule has 1 aromatic carbocycles. The third-order valence-corrected chi connectivity index (χ3v) is 3.59. The van der Waals surface area contributed by atoms with Crippen LogP contribution in [0.25, 0.3) is 0 Å². The van der Waals surface area contributed by atoms with Crippen molar-refractivity contribution in [2.45, 2.75) is 32.4 Å². The van der Waals surface area contributed by atoms with E-state index in [1.54, 1.807) is 21.0 Å². The molecule has 0 aliphatic rings. The second kappa shape index (κ2) is 6.91. The average Bonchev–Trinajstić information content (AvgIpc) is 2.37. The molecule has 0 bridgehead atoms. The molecule has 0 heterocycles. The molecule has 106 valence electrons. The molecule has 0 aliphatic heterocycles. The topological polar surface area (TPSA) is 47.6 Å². The number of ether oxygens (including phenoxy) is 2. The number of carbonyl (C=O) groups is 1. The van der Waals surface area contributed by atoms with E-state index in [-0.39, 0.29) is 12.1 Å². The van der Waals surface area contributed by atoms with Gasteiger partial charge in [0.25, 0.3) is 0 Å². The lowest BCUT2D eigenvalue weighted by molar-refractivity contribution is -0.152. The van der Waals surface area contributed by atoms with E-state index >= 15 is 0 Å². The minimum atomic E-state index is -0.939. The van der Waals surface area contributed by atoms with Gasteiger partial charge in [-0.15, -0.1) is 0 Å². The fourth-order valence-corrected chi connectivity index (χ4v) is 2.10. The van der Waals surface area contributed by atoms with E-state index in [0.717, 1.165) is 10.2 Å². The summed E-state index contributed by atoms with van der Waals surface area (Å²) in [4.78, 5) is 12.2. The van der Waals surface area contributed by atoms with E-state index in [1.807, 2.05) is 31.2 Å². The molecule has 0 spiro atoms. The minimum absolute atomic E-state index is 0.328. The summed E-state index contributed by atoms with van der Waals surface area (Å²) in [5.74, 6) is -0.329. The van der Waals surface area contributed by atoms with E-state index in [0.29, 0.717) is 6.61 Å². The van der Waals surface area contributed by atoms with Crippen LogP contribution in [0.1, 0.15) is 20.8 Å². The predicted octanol–water partition coefficient (Wildman–Crippen LogP) is 3.22. The predicted molar refractivity (Wildman–Crippen MR) is 79.3 cm³/mol. The van der Waals surface area contributed by atoms with Gasteiger partial charge in [0.15, 0.2) is 5.54 Å². The van der Waals surface area contributed by atoms with Crippen molar-refractivity contribution >= 4 is 27.6 Å². The standard InChI is InChI=1S/C14H20BrNO3/c1-5-19-13(17)14(3,10(2)18-4)16-12-8-6-7-11(15)9-12/h6-10,16H,5H2,1-4H3. The van der Waals surface area contributed by atoms with Crippen LogP contribution in [0.5, 0.6) is 0 Å². The van der Waals surface area contributed by atoms with Gasteiger partial charge in [-0.25, -0.2) is 4.79 Å². The summed E-state index contributed by atoms with van der Waals surface area (Å²) in [7, 11) is 1.57. The Labute approximate surface area is 122 Å². The number of hydrogen-bond donors (Lipinski definition) is 1. The molecule has 19 heavy (non-hydrogen) atoms. The normalized spacial score (nSPS) is 15.4. The molecular weight excluding hydrogens is 310 g/mol. The quantitative estimate of drug-likeness (QED) is 0.814. The molecule has 5 heteroatoms. The highest BCUT2D eigenvalue weighted by Crippen LogP contribution is 2.24. The Morgan fingerprint density at radius 1 is 1.53 bits per heavy atom. The Balaban J connectivity index is 3.01. The lowest BCUT2D eigenvalue weighted by atomic mass is 9.95. The summed E-state index contributed by atoms with van der Waals surface area (Å²) in [5.41, 5.74) is -0.111. The van der Waals surface area contributed by atoms with Gasteiger partial charge in [-0.3, -0.25) is 0 Å². The maximum absolute atomic E-state index is 12.2. The molecule has 0 amide bonds. The first-order valence-electron chi connectivity index (χ1n) is 6.17. The highest BCUT2D eigenvalue weighted by Gasteiger charge is 2.41. The first-order chi connectivity index (χ1) is 8.93. The third-order valence-electron chi connectivity index (χ3n) is 3.09. The van der Waals surface area contributed by atoms with Gasteiger partial charge in [-0.05, 0) is 39.0 Å². The third kappa shape index (κ3) is 3.94. The molecule has 0 aromatic heterocycles. The first-order valence-corrected chi connectivity index (χ1v) is 6.97. The van der Waals surface area contributed by atoms with Gasteiger partial charge >= 0.3 is 5.97 Å². The molecule has 1 rings (SSSR count). The Kier molecular flexibility index (Phi) is 5.82. The zero-order valence-corrected chi connectivity index (χ0v) is 13.3. The lowest BCUT2D eigenvalue weighted by Gasteiger charge is -2.34. The smallest absolute Gasteiger partial charge is 0.334 e. The molecule has 0 radical (unpaired) electrons. The van der Waals surface area contributed by atoms with Crippen molar-refractivity contribution in [2.75, 3.05) is 19.0 Å². The molecule has 2 unspecified atom stereocenters. The molecule has 0 saturated carbocycles. The van der Waals surface area contributed by atoms with Crippen molar-refractivity contribution in [1.82, 2.24) is 0 Å². The number of anilines is 1. The Morgan fingerprint density at radius 3 is 2.74 bits per heavy atom. The zero-order chi connectivity index (χ0) is 14.5. The fourth-order valence-electron chi connectivity index (χ4n) is 1.70. The van der Waals surface area contributed by atoms with Crippen molar-refractivity contribution in [3.05, 3.63) is 28.7 Å². The van der Waals surface area contributed by atoms with Crippen molar-refractivity contribution in [3.63, 3.8) is 0 Å². The zero-order valence-electron chi connectivity index (χ0n) is 11.7. The summed E-state index contributed by atoms with van der Waals surface area (Å²) in [6, 6.07) is 7.62. The Bertz CT molecular complexity index is 438. The van der Waals surface area contributed by atoms with Gasteiger partial charge in [-0.1, -0.05) is 22.0 Å². The van der Waals surface area contributed by atoms with E-state index in [2.05, 4.69) is 21.2 Å². The second-order valence-corrected chi connectivity index (χ2v) is 5.35. The van der Waals surface area contributed by atoms with Gasteiger partial charge in [0.05, 0.1) is 12.7 Å². The second-order valence-electron chi connectivity index (χ2n) is 4.44. The maximum Gasteiger partial charge on any atom is 0.334 e. The molecule has 1 aromatic rings. The van der Waals surface area contributed by atoms with Crippen LogP contribution in [-0.2, 0) is 14.3 Å². The Morgan fingerprint density at radius 2 is 2.21 bits per heavy atom. The summed E-state index contributed by atoms with van der Waals surface area (Å²) in [6.45, 7) is 5.74. The van der Waals surface area contributed by atoms with Crippen molar-refractivity contribution in [2.24, 2.45) is 0 Å². The fraction of sp³-hybridized carbons (Fsp3) is 0.500. The number of carbonyl (C=O) groups excluding carboxylic acids is 1. The molecule has 0 saturated heterocycles. The van der Waals surface area contributed by atoms with Gasteiger partial charge in [0.2, 0.25) is 0 Å². The van der Waals surface area contributed by atoms with E-state index in [1.165, 1.54) is 0 Å². The number of benzene rings is 1. The molecule has 2 atom stereocenters. The monoisotopic (exact) mass is 329 g/mol. The van der Waals surface area contributed by atoms with Crippen LogP contribution in [0.2, 0.25) is 0 Å². The Hall–Kier alpha value is -1.07. The number of halogens is 1. The molecular formula is C14H20BrNO3. The van der Waals surface area contributed by atoms with Crippen LogP contribution in [0.3, 0.4) is 0 Å². The number of methoxy groups -OCH3 is 1. The van der Waals surface area contributed by atoms with Crippen LogP contribution in [0.4, 0.5) is 5.69 Å². The maximum atomic E-state index is 12.2. The van der Waals surface area contributed by atoms with E-state index < -0.39 is 5.54 Å². The molecule has 4 nitrogen and oxygen atoms in total. The lowest BCUT2D eigenvalue weighted by Crippen LogP contribution is -2.53. The SMILES string of the molecule is CCOC(=O)C(C)(Nc1cccc(Br)c1)C(C)OC. The highest BCUT2D eigenvalue weighted by molar-refractivity contribution is 9.10. The first kappa shape index (κ1) is 16.0. The van der Waals surface area contributed by atoms with Crippen molar-refractivity contribution < 1.29 is 14.3 Å². The summed E-state index contributed by atoms with van der Waals surface area (Å²) in [6.07, 6.45) is -0.328. The van der Waals surface area contributed by atoms with Crippen LogP contribution in [0, 0.1) is 0 Å². The molecule has 1 N–H and O–H groups in total. The van der Waals surface area contributed by atoms with Crippen LogP contribution < -0.4 is 5.32 Å². The van der Waals surface area contributed by atoms with Gasteiger partial charge in [-0.2, -0.15) is 0 Å². The number of hydrogen-bond acceptors (Lipinski definition) is 4.